The number of aliphatic carboxylic acids is 1. The van der Waals surface area contributed by atoms with Crippen molar-refractivity contribution in [2.24, 2.45) is 0 Å². The van der Waals surface area contributed by atoms with E-state index < -0.39 is 5.97 Å². The predicted molar refractivity (Wildman–Crippen MR) is 72.9 cm³/mol. The lowest BCUT2D eigenvalue weighted by Crippen LogP contribution is -2.35. The third kappa shape index (κ3) is 3.67. The summed E-state index contributed by atoms with van der Waals surface area (Å²) in [6.45, 7) is 4.01. The molecule has 0 unspecified atom stereocenters. The molecule has 0 aliphatic carbocycles. The topological polar surface area (TPSA) is 92.6 Å². The van der Waals surface area contributed by atoms with Crippen LogP contribution in [0, 0.1) is 0 Å². The first-order chi connectivity index (χ1) is 9.45. The van der Waals surface area contributed by atoms with Crippen molar-refractivity contribution in [1.82, 2.24) is 15.1 Å². The van der Waals surface area contributed by atoms with E-state index in [1.165, 1.54) is 0 Å². The van der Waals surface area contributed by atoms with E-state index in [9.17, 15) is 4.79 Å². The molecule has 0 aliphatic heterocycles. The second-order valence-electron chi connectivity index (χ2n) is 4.50. The Morgan fingerprint density at radius 3 is 2.70 bits per heavy atom. The highest BCUT2D eigenvalue weighted by atomic mass is 79.9. The molecule has 2 aromatic heterocycles. The van der Waals surface area contributed by atoms with Gasteiger partial charge in [0.05, 0.1) is 13.1 Å². The summed E-state index contributed by atoms with van der Waals surface area (Å²) in [6.07, 6.45) is 0. The molecule has 0 spiro atoms. The van der Waals surface area contributed by atoms with Crippen molar-refractivity contribution >= 4 is 21.9 Å². The molecule has 0 amide bonds. The highest BCUT2D eigenvalue weighted by Gasteiger charge is 2.18. The van der Waals surface area contributed by atoms with Crippen LogP contribution in [0.4, 0.5) is 0 Å². The largest absolute Gasteiger partial charge is 0.480 e. The summed E-state index contributed by atoms with van der Waals surface area (Å²) in [4.78, 5) is 12.5. The van der Waals surface area contributed by atoms with E-state index in [4.69, 9.17) is 13.9 Å². The van der Waals surface area contributed by atoms with Crippen LogP contribution in [0.2, 0.25) is 0 Å². The van der Waals surface area contributed by atoms with Gasteiger partial charge in [-0.15, -0.1) is 10.2 Å². The molecule has 0 aromatic carbocycles. The van der Waals surface area contributed by atoms with Gasteiger partial charge in [-0.1, -0.05) is 0 Å². The van der Waals surface area contributed by atoms with E-state index in [2.05, 4.69) is 26.1 Å². The van der Waals surface area contributed by atoms with Crippen molar-refractivity contribution in [3.63, 3.8) is 0 Å². The van der Waals surface area contributed by atoms with Crippen LogP contribution >= 0.6 is 15.9 Å². The van der Waals surface area contributed by atoms with Gasteiger partial charge in [-0.3, -0.25) is 9.69 Å². The zero-order valence-electron chi connectivity index (χ0n) is 11.0. The fraction of sp³-hybridized carbons (Fsp3) is 0.417. The van der Waals surface area contributed by atoms with Crippen LogP contribution in [0.3, 0.4) is 0 Å². The monoisotopic (exact) mass is 343 g/mol. The Morgan fingerprint density at radius 1 is 1.40 bits per heavy atom. The Bertz CT molecular complexity index is 593. The zero-order valence-corrected chi connectivity index (χ0v) is 12.6. The lowest BCUT2D eigenvalue weighted by Gasteiger charge is -2.22. The molecule has 8 heteroatoms. The van der Waals surface area contributed by atoms with E-state index >= 15 is 0 Å². The quantitative estimate of drug-likeness (QED) is 0.860. The van der Waals surface area contributed by atoms with Crippen LogP contribution in [0.15, 0.2) is 25.6 Å². The molecule has 1 N–H and O–H groups in total. The molecule has 2 aromatic rings. The van der Waals surface area contributed by atoms with E-state index in [1.807, 2.05) is 13.8 Å². The molecule has 0 bridgehead atoms. The van der Waals surface area contributed by atoms with Crippen LogP contribution in [-0.2, 0) is 11.3 Å². The van der Waals surface area contributed by atoms with Crippen LogP contribution in [0.5, 0.6) is 0 Å². The van der Waals surface area contributed by atoms with Crippen molar-refractivity contribution in [2.45, 2.75) is 26.4 Å². The lowest BCUT2D eigenvalue weighted by molar-refractivity contribution is -0.139. The van der Waals surface area contributed by atoms with Gasteiger partial charge in [-0.2, -0.15) is 0 Å². The van der Waals surface area contributed by atoms with Gasteiger partial charge in [0.1, 0.15) is 0 Å². The molecule has 2 heterocycles. The molecule has 20 heavy (non-hydrogen) atoms. The van der Waals surface area contributed by atoms with Crippen molar-refractivity contribution in [1.29, 1.82) is 0 Å². The van der Waals surface area contributed by atoms with Crippen LogP contribution < -0.4 is 0 Å². The van der Waals surface area contributed by atoms with Crippen molar-refractivity contribution in [3.8, 4) is 11.7 Å². The van der Waals surface area contributed by atoms with Crippen molar-refractivity contribution < 1.29 is 18.7 Å². The minimum Gasteiger partial charge on any atom is -0.480 e. The molecule has 7 nitrogen and oxygen atoms in total. The number of aromatic nitrogens is 2. The first-order valence-corrected chi connectivity index (χ1v) is 6.79. The number of carbonyl (C=O) groups is 1. The van der Waals surface area contributed by atoms with E-state index in [0.29, 0.717) is 16.3 Å². The number of hydrogen-bond acceptors (Lipinski definition) is 6. The average Bonchev–Trinajstić information content (AvgIpc) is 2.96. The molecule has 0 atom stereocenters. The van der Waals surface area contributed by atoms with E-state index in [-0.39, 0.29) is 25.0 Å². The number of rotatable bonds is 6. The third-order valence-electron chi connectivity index (χ3n) is 2.66. The Labute approximate surface area is 123 Å². The SMILES string of the molecule is CC(C)N(CC(=O)O)Cc1nnc(-c2ccc(Br)o2)o1. The Kier molecular flexibility index (Phi) is 4.56. The highest BCUT2D eigenvalue weighted by molar-refractivity contribution is 9.10. The summed E-state index contributed by atoms with van der Waals surface area (Å²) < 4.78 is 11.4. The second-order valence-corrected chi connectivity index (χ2v) is 5.28. The Morgan fingerprint density at radius 2 is 2.15 bits per heavy atom. The van der Waals surface area contributed by atoms with Gasteiger partial charge in [0.2, 0.25) is 5.89 Å². The molecule has 2 rings (SSSR count). The molecule has 0 saturated heterocycles. The summed E-state index contributed by atoms with van der Waals surface area (Å²) in [5, 5.41) is 16.7. The molecule has 108 valence electrons. The minimum absolute atomic E-state index is 0.0548. The zero-order chi connectivity index (χ0) is 14.7. The number of carboxylic acid groups (broad SMARTS) is 1. The van der Waals surface area contributed by atoms with Gasteiger partial charge >= 0.3 is 5.97 Å². The van der Waals surface area contributed by atoms with Crippen molar-refractivity contribution in [3.05, 3.63) is 22.7 Å². The Hall–Kier alpha value is -1.67. The first-order valence-electron chi connectivity index (χ1n) is 5.99. The number of hydrogen-bond donors (Lipinski definition) is 1. The summed E-state index contributed by atoms with van der Waals surface area (Å²) in [5.41, 5.74) is 0. The van der Waals surface area contributed by atoms with Crippen LogP contribution in [0.25, 0.3) is 11.7 Å². The summed E-state index contributed by atoms with van der Waals surface area (Å²) in [6, 6.07) is 3.49. The van der Waals surface area contributed by atoms with Gasteiger partial charge in [0.25, 0.3) is 5.89 Å². The third-order valence-corrected chi connectivity index (χ3v) is 3.08. The smallest absolute Gasteiger partial charge is 0.317 e. The minimum atomic E-state index is -0.895. The standard InChI is InChI=1S/C12H14BrN3O4/c1-7(2)16(6-11(17)18)5-10-14-15-12(20-10)8-3-4-9(13)19-8/h3-4,7H,5-6H2,1-2H3,(H,17,18). The number of nitrogens with zero attached hydrogens (tertiary/aromatic N) is 3. The molecule has 0 radical (unpaired) electrons. The summed E-state index contributed by atoms with van der Waals surface area (Å²) in [7, 11) is 0. The summed E-state index contributed by atoms with van der Waals surface area (Å²) in [5.74, 6) is 0.186. The van der Waals surface area contributed by atoms with Crippen LogP contribution in [0.1, 0.15) is 19.7 Å². The van der Waals surface area contributed by atoms with E-state index in [1.54, 1.807) is 17.0 Å². The number of halogens is 1. The van der Waals surface area contributed by atoms with Crippen LogP contribution in [-0.4, -0.2) is 38.8 Å². The maximum Gasteiger partial charge on any atom is 0.317 e. The van der Waals surface area contributed by atoms with Gasteiger partial charge in [0, 0.05) is 6.04 Å². The molecular weight excluding hydrogens is 330 g/mol. The van der Waals surface area contributed by atoms with Gasteiger partial charge in [-0.25, -0.2) is 0 Å². The Balaban J connectivity index is 2.10. The molecule has 0 aliphatic rings. The average molecular weight is 344 g/mol. The normalized spacial score (nSPS) is 11.4. The fourth-order valence-electron chi connectivity index (χ4n) is 1.61. The van der Waals surface area contributed by atoms with Gasteiger partial charge in [0.15, 0.2) is 10.4 Å². The van der Waals surface area contributed by atoms with Gasteiger partial charge in [-0.05, 0) is 41.9 Å². The molecule has 0 saturated carbocycles. The molecule has 0 fully saturated rings. The maximum atomic E-state index is 10.8. The first kappa shape index (κ1) is 14.7. The second kappa shape index (κ2) is 6.19. The van der Waals surface area contributed by atoms with Crippen molar-refractivity contribution in [2.75, 3.05) is 6.54 Å². The predicted octanol–water partition coefficient (Wildman–Crippen LogP) is 2.39. The van der Waals surface area contributed by atoms with Gasteiger partial charge < -0.3 is 13.9 Å². The highest BCUT2D eigenvalue weighted by Crippen LogP contribution is 2.24. The molecular formula is C12H14BrN3O4. The lowest BCUT2D eigenvalue weighted by atomic mass is 10.3. The van der Waals surface area contributed by atoms with E-state index in [0.717, 1.165) is 0 Å². The fourth-order valence-corrected chi connectivity index (χ4v) is 1.92. The number of furan rings is 1. The number of carboxylic acids is 1. The summed E-state index contributed by atoms with van der Waals surface area (Å²) >= 11 is 3.19. The maximum absolute atomic E-state index is 10.8.